The number of hydrogen-bond donors (Lipinski definition) is 1. The topological polar surface area (TPSA) is 80.7 Å². The van der Waals surface area contributed by atoms with Crippen molar-refractivity contribution in [1.29, 1.82) is 0 Å². The zero-order valence-electron chi connectivity index (χ0n) is 8.73. The normalized spacial score (nSPS) is 28.9. The zero-order chi connectivity index (χ0) is 11.5. The Hall–Kier alpha value is -0.620. The van der Waals surface area contributed by atoms with Crippen LogP contribution in [0.25, 0.3) is 0 Å². The fourth-order valence-electron chi connectivity index (χ4n) is 1.66. The Bertz CT molecular complexity index is 334. The van der Waals surface area contributed by atoms with Crippen LogP contribution < -0.4 is 0 Å². The van der Waals surface area contributed by atoms with Crippen molar-refractivity contribution in [1.82, 2.24) is 0 Å². The Morgan fingerprint density at radius 2 is 2.20 bits per heavy atom. The maximum absolute atomic E-state index is 11.1. The summed E-state index contributed by atoms with van der Waals surface area (Å²) in [4.78, 5) is 11.0. The van der Waals surface area contributed by atoms with E-state index in [2.05, 4.69) is 0 Å². The average molecular weight is 236 g/mol. The molecule has 1 fully saturated rings. The first-order valence-electron chi connectivity index (χ1n) is 4.95. The van der Waals surface area contributed by atoms with Crippen LogP contribution in [0.2, 0.25) is 0 Å². The molecule has 0 aromatic rings. The number of carbonyl (C=O) groups is 1. The molecule has 0 saturated carbocycles. The fourth-order valence-corrected chi connectivity index (χ4v) is 3.61. The summed E-state index contributed by atoms with van der Waals surface area (Å²) >= 11 is 0. The van der Waals surface area contributed by atoms with Crippen LogP contribution >= 0.6 is 0 Å². The van der Waals surface area contributed by atoms with Crippen LogP contribution in [0, 0.1) is 0 Å². The first-order valence-corrected chi connectivity index (χ1v) is 6.77. The van der Waals surface area contributed by atoms with E-state index in [9.17, 15) is 18.3 Å². The van der Waals surface area contributed by atoms with E-state index in [1.165, 1.54) is 0 Å². The number of hydrogen-bond acceptors (Lipinski definition) is 5. The van der Waals surface area contributed by atoms with E-state index in [0.29, 0.717) is 6.61 Å². The third-order valence-electron chi connectivity index (χ3n) is 2.47. The van der Waals surface area contributed by atoms with Crippen LogP contribution in [0.4, 0.5) is 0 Å². The molecule has 1 unspecified atom stereocenters. The summed E-state index contributed by atoms with van der Waals surface area (Å²) in [6, 6.07) is 0. The van der Waals surface area contributed by atoms with Crippen molar-refractivity contribution in [2.45, 2.75) is 31.8 Å². The Morgan fingerprint density at radius 3 is 2.67 bits per heavy atom. The van der Waals surface area contributed by atoms with E-state index in [-0.39, 0.29) is 30.8 Å². The standard InChI is InChI=1S/C9H16O5S/c1-2-14-8(10)3-4-9(11)5-6-15(12,13)7-9/h11H,2-7H2,1H3. The van der Waals surface area contributed by atoms with E-state index in [0.717, 1.165) is 0 Å². The summed E-state index contributed by atoms with van der Waals surface area (Å²) in [7, 11) is -3.12. The number of carbonyl (C=O) groups excluding carboxylic acids is 1. The first kappa shape index (κ1) is 12.4. The Labute approximate surface area is 89.3 Å². The summed E-state index contributed by atoms with van der Waals surface area (Å²) in [5, 5.41) is 9.86. The number of aliphatic hydroxyl groups is 1. The minimum atomic E-state index is -3.12. The molecule has 1 heterocycles. The van der Waals surface area contributed by atoms with Crippen LogP contribution in [0.15, 0.2) is 0 Å². The lowest BCUT2D eigenvalue weighted by molar-refractivity contribution is -0.144. The molecule has 0 spiro atoms. The van der Waals surface area contributed by atoms with Gasteiger partial charge in [-0.25, -0.2) is 8.42 Å². The van der Waals surface area contributed by atoms with E-state index in [4.69, 9.17) is 4.74 Å². The van der Waals surface area contributed by atoms with Gasteiger partial charge in [-0.2, -0.15) is 0 Å². The summed E-state index contributed by atoms with van der Waals surface area (Å²) < 4.78 is 27.0. The molecule has 1 atom stereocenters. The van der Waals surface area contributed by atoms with Crippen LogP contribution in [-0.4, -0.2) is 43.2 Å². The van der Waals surface area contributed by atoms with Crippen molar-refractivity contribution >= 4 is 15.8 Å². The quantitative estimate of drug-likeness (QED) is 0.688. The van der Waals surface area contributed by atoms with Crippen molar-refractivity contribution in [3.63, 3.8) is 0 Å². The van der Waals surface area contributed by atoms with Gasteiger partial charge in [0.1, 0.15) is 0 Å². The molecule has 0 bridgehead atoms. The molecule has 88 valence electrons. The maximum atomic E-state index is 11.1. The zero-order valence-corrected chi connectivity index (χ0v) is 9.55. The molecule has 15 heavy (non-hydrogen) atoms. The summed E-state index contributed by atoms with van der Waals surface area (Å²) in [6.07, 6.45) is 0.444. The lowest BCUT2D eigenvalue weighted by Gasteiger charge is -2.19. The number of esters is 1. The SMILES string of the molecule is CCOC(=O)CCC1(O)CCS(=O)(=O)C1. The van der Waals surface area contributed by atoms with Gasteiger partial charge >= 0.3 is 5.97 Å². The molecule has 5 nitrogen and oxygen atoms in total. The van der Waals surface area contributed by atoms with E-state index in [1.807, 2.05) is 0 Å². The molecule has 0 aliphatic carbocycles. The van der Waals surface area contributed by atoms with Crippen LogP contribution in [-0.2, 0) is 19.4 Å². The van der Waals surface area contributed by atoms with Crippen LogP contribution in [0.5, 0.6) is 0 Å². The van der Waals surface area contributed by atoms with E-state index in [1.54, 1.807) is 6.92 Å². The highest BCUT2D eigenvalue weighted by atomic mass is 32.2. The third kappa shape index (κ3) is 3.79. The molecule has 0 amide bonds. The van der Waals surface area contributed by atoms with Gasteiger partial charge in [0.2, 0.25) is 0 Å². The number of sulfone groups is 1. The molecule has 0 aromatic carbocycles. The minimum Gasteiger partial charge on any atom is -0.466 e. The maximum Gasteiger partial charge on any atom is 0.305 e. The smallest absolute Gasteiger partial charge is 0.305 e. The molecule has 1 aliphatic heterocycles. The monoisotopic (exact) mass is 236 g/mol. The van der Waals surface area contributed by atoms with E-state index >= 15 is 0 Å². The number of rotatable bonds is 4. The van der Waals surface area contributed by atoms with Crippen molar-refractivity contribution in [3.8, 4) is 0 Å². The number of ether oxygens (including phenoxy) is 1. The van der Waals surface area contributed by atoms with Crippen molar-refractivity contribution < 1.29 is 23.1 Å². The molecule has 0 aromatic heterocycles. The van der Waals surface area contributed by atoms with Gasteiger partial charge < -0.3 is 9.84 Å². The molecular formula is C9H16O5S. The summed E-state index contributed by atoms with van der Waals surface area (Å²) in [5.41, 5.74) is -1.23. The predicted molar refractivity (Wildman–Crippen MR) is 54.1 cm³/mol. The third-order valence-corrected chi connectivity index (χ3v) is 4.27. The Balaban J connectivity index is 2.42. The van der Waals surface area contributed by atoms with Crippen molar-refractivity contribution in [2.24, 2.45) is 0 Å². The molecule has 6 heteroatoms. The predicted octanol–water partition coefficient (Wildman–Crippen LogP) is -0.121. The fraction of sp³-hybridized carbons (Fsp3) is 0.889. The van der Waals surface area contributed by atoms with Crippen molar-refractivity contribution in [2.75, 3.05) is 18.1 Å². The minimum absolute atomic E-state index is 0.00628. The second kappa shape index (κ2) is 4.49. The van der Waals surface area contributed by atoms with Gasteiger partial charge in [0.05, 0.1) is 23.7 Å². The lowest BCUT2D eigenvalue weighted by atomic mass is 9.97. The lowest BCUT2D eigenvalue weighted by Crippen LogP contribution is -2.30. The van der Waals surface area contributed by atoms with Gasteiger partial charge in [0.15, 0.2) is 9.84 Å². The average Bonchev–Trinajstić information content (AvgIpc) is 2.39. The highest BCUT2D eigenvalue weighted by molar-refractivity contribution is 7.91. The molecule has 1 aliphatic rings. The van der Waals surface area contributed by atoms with Crippen LogP contribution in [0.3, 0.4) is 0 Å². The molecule has 1 rings (SSSR count). The van der Waals surface area contributed by atoms with Gasteiger partial charge in [-0.1, -0.05) is 0 Å². The molecule has 0 radical (unpaired) electrons. The van der Waals surface area contributed by atoms with Gasteiger partial charge in [0, 0.05) is 6.42 Å². The van der Waals surface area contributed by atoms with Gasteiger partial charge in [-0.05, 0) is 19.8 Å². The largest absolute Gasteiger partial charge is 0.466 e. The van der Waals surface area contributed by atoms with Gasteiger partial charge in [-0.3, -0.25) is 4.79 Å². The summed E-state index contributed by atoms with van der Waals surface area (Å²) in [5.74, 6) is -0.624. The van der Waals surface area contributed by atoms with Crippen LogP contribution in [0.1, 0.15) is 26.2 Å². The van der Waals surface area contributed by atoms with Gasteiger partial charge in [0.25, 0.3) is 0 Å². The molecule has 1 saturated heterocycles. The van der Waals surface area contributed by atoms with Crippen molar-refractivity contribution in [3.05, 3.63) is 0 Å². The molecule has 1 N–H and O–H groups in total. The Morgan fingerprint density at radius 1 is 1.53 bits per heavy atom. The molecular weight excluding hydrogens is 220 g/mol. The highest BCUT2D eigenvalue weighted by Gasteiger charge is 2.40. The Kier molecular flexibility index (Phi) is 3.72. The second-order valence-electron chi connectivity index (χ2n) is 3.87. The first-order chi connectivity index (χ1) is 6.87. The van der Waals surface area contributed by atoms with E-state index < -0.39 is 21.4 Å². The summed E-state index contributed by atoms with van der Waals surface area (Å²) in [6.45, 7) is 2.00. The second-order valence-corrected chi connectivity index (χ2v) is 6.06. The van der Waals surface area contributed by atoms with Gasteiger partial charge in [-0.15, -0.1) is 0 Å². The highest BCUT2D eigenvalue weighted by Crippen LogP contribution is 2.27.